The average molecular weight is 348 g/mol. The van der Waals surface area contributed by atoms with Crippen molar-refractivity contribution in [3.05, 3.63) is 72.0 Å². The van der Waals surface area contributed by atoms with Crippen LogP contribution in [0.15, 0.2) is 66.5 Å². The van der Waals surface area contributed by atoms with Crippen LogP contribution in [0.5, 0.6) is 0 Å². The van der Waals surface area contributed by atoms with Crippen LogP contribution in [-0.2, 0) is 19.1 Å². The Morgan fingerprint density at radius 2 is 1.88 bits per heavy atom. The summed E-state index contributed by atoms with van der Waals surface area (Å²) in [7, 11) is 2.87. The maximum absolute atomic E-state index is 12.9. The molecule has 0 spiro atoms. The Hall–Kier alpha value is -2.88. The van der Waals surface area contributed by atoms with Gasteiger partial charge in [-0.2, -0.15) is 0 Å². The van der Waals surface area contributed by atoms with Crippen molar-refractivity contribution in [2.45, 2.75) is 12.3 Å². The normalized spacial score (nSPS) is 27.4. The summed E-state index contributed by atoms with van der Waals surface area (Å²) in [5.41, 5.74) is 0.337. The van der Waals surface area contributed by atoms with Gasteiger partial charge in [0.05, 0.1) is 14.2 Å². The number of hydrogen-bond donors (Lipinski definition) is 0. The molecule has 132 valence electrons. The summed E-state index contributed by atoms with van der Waals surface area (Å²) < 4.78 is 10.5. The first kappa shape index (κ1) is 16.6. The third kappa shape index (κ3) is 2.02. The number of fused-ring (bicyclic) bond motifs is 3. The Labute approximate surface area is 152 Å². The molecular weight excluding hydrogens is 328 g/mol. The van der Waals surface area contributed by atoms with Gasteiger partial charge in [-0.05, 0) is 28.3 Å². The van der Waals surface area contributed by atoms with Crippen LogP contribution in [0, 0.1) is 11.3 Å². The van der Waals surface area contributed by atoms with Crippen molar-refractivity contribution >= 4 is 22.5 Å². The smallest absolute Gasteiger partial charge is 0.323 e. The minimum Gasteiger partial charge on any atom is -0.501 e. The van der Waals surface area contributed by atoms with E-state index < -0.39 is 11.4 Å². The molecule has 3 atom stereocenters. The second-order valence-electron chi connectivity index (χ2n) is 6.89. The second kappa shape index (κ2) is 5.84. The summed E-state index contributed by atoms with van der Waals surface area (Å²) in [6.07, 6.45) is 1.78. The summed E-state index contributed by atoms with van der Waals surface area (Å²) in [5.74, 6) is -0.532. The summed E-state index contributed by atoms with van der Waals surface area (Å²) in [6, 6.07) is 14.2. The number of methoxy groups -OCH3 is 2. The molecule has 2 aliphatic rings. The molecule has 2 aromatic rings. The van der Waals surface area contributed by atoms with Crippen molar-refractivity contribution in [2.75, 3.05) is 14.2 Å². The first-order valence-electron chi connectivity index (χ1n) is 8.60. The highest BCUT2D eigenvalue weighted by molar-refractivity contribution is 6.14. The molecule has 1 fully saturated rings. The molecule has 4 heteroatoms. The van der Waals surface area contributed by atoms with Crippen LogP contribution in [0.2, 0.25) is 0 Å². The fourth-order valence-electron chi connectivity index (χ4n) is 4.60. The van der Waals surface area contributed by atoms with E-state index in [2.05, 4.69) is 24.8 Å². The third-order valence-corrected chi connectivity index (χ3v) is 5.84. The molecule has 2 aliphatic carbocycles. The van der Waals surface area contributed by atoms with Gasteiger partial charge in [-0.1, -0.05) is 49.0 Å². The standard InChI is InChI=1S/C22H20O4/c1-13-20(16-10-6-8-14-7-4-5-9-15(14)16)17-12-22(13,21(24)26-3)19(23)11-18(17)25-2/h4-11,17,20H,1,12H2,2-3H3/t17-,20+,22+/m0/s1. The molecule has 0 saturated heterocycles. The molecule has 0 radical (unpaired) electrons. The van der Waals surface area contributed by atoms with Crippen LogP contribution < -0.4 is 0 Å². The summed E-state index contributed by atoms with van der Waals surface area (Å²) in [4.78, 5) is 25.5. The molecule has 0 heterocycles. The van der Waals surface area contributed by atoms with E-state index in [4.69, 9.17) is 9.47 Å². The van der Waals surface area contributed by atoms with E-state index in [9.17, 15) is 9.59 Å². The van der Waals surface area contributed by atoms with E-state index in [1.807, 2.05) is 24.3 Å². The van der Waals surface area contributed by atoms with Gasteiger partial charge in [0.25, 0.3) is 0 Å². The molecule has 0 aliphatic heterocycles. The highest BCUT2D eigenvalue weighted by atomic mass is 16.5. The number of ketones is 1. The van der Waals surface area contributed by atoms with Crippen molar-refractivity contribution < 1.29 is 19.1 Å². The lowest BCUT2D eigenvalue weighted by atomic mass is 9.75. The fourth-order valence-corrected chi connectivity index (χ4v) is 4.60. The van der Waals surface area contributed by atoms with Crippen LogP contribution in [0.3, 0.4) is 0 Å². The quantitative estimate of drug-likeness (QED) is 0.481. The van der Waals surface area contributed by atoms with Crippen LogP contribution in [0.4, 0.5) is 0 Å². The third-order valence-electron chi connectivity index (χ3n) is 5.84. The molecule has 26 heavy (non-hydrogen) atoms. The Kier molecular flexibility index (Phi) is 3.72. The highest BCUT2D eigenvalue weighted by Gasteiger charge is 2.62. The molecule has 2 bridgehead atoms. The van der Waals surface area contributed by atoms with Crippen LogP contribution >= 0.6 is 0 Å². The molecular formula is C22H20O4. The monoisotopic (exact) mass is 348 g/mol. The van der Waals surface area contributed by atoms with Crippen LogP contribution in [-0.4, -0.2) is 26.0 Å². The number of esters is 1. The van der Waals surface area contributed by atoms with E-state index in [-0.39, 0.29) is 17.6 Å². The Morgan fingerprint density at radius 3 is 2.62 bits per heavy atom. The number of benzene rings is 2. The maximum atomic E-state index is 12.9. The Bertz CT molecular complexity index is 966. The van der Waals surface area contributed by atoms with Crippen LogP contribution in [0.25, 0.3) is 10.8 Å². The predicted molar refractivity (Wildman–Crippen MR) is 98.5 cm³/mol. The molecule has 2 aromatic carbocycles. The molecule has 0 aromatic heterocycles. The first-order chi connectivity index (χ1) is 12.5. The highest BCUT2D eigenvalue weighted by Crippen LogP contribution is 2.60. The van der Waals surface area contributed by atoms with Crippen LogP contribution in [0.1, 0.15) is 17.9 Å². The molecule has 4 nitrogen and oxygen atoms in total. The lowest BCUT2D eigenvalue weighted by Gasteiger charge is -2.27. The predicted octanol–water partition coefficient (Wildman–Crippen LogP) is 3.77. The van der Waals surface area contributed by atoms with E-state index in [1.165, 1.54) is 13.2 Å². The Balaban J connectivity index is 1.95. The largest absolute Gasteiger partial charge is 0.501 e. The number of hydrogen-bond acceptors (Lipinski definition) is 4. The molecule has 4 rings (SSSR count). The summed E-state index contributed by atoms with van der Waals surface area (Å²) in [6.45, 7) is 4.21. The molecule has 0 unspecified atom stereocenters. The van der Waals surface area contributed by atoms with Gasteiger partial charge >= 0.3 is 5.97 Å². The number of carbonyl (C=O) groups is 2. The zero-order valence-electron chi connectivity index (χ0n) is 14.8. The zero-order chi connectivity index (χ0) is 18.5. The van der Waals surface area contributed by atoms with Crippen molar-refractivity contribution in [3.8, 4) is 0 Å². The molecule has 0 amide bonds. The summed E-state index contributed by atoms with van der Waals surface area (Å²) >= 11 is 0. The van der Waals surface area contributed by atoms with Gasteiger partial charge in [-0.15, -0.1) is 0 Å². The van der Waals surface area contributed by atoms with E-state index >= 15 is 0 Å². The van der Waals surface area contributed by atoms with Crippen molar-refractivity contribution in [1.82, 2.24) is 0 Å². The van der Waals surface area contributed by atoms with Gasteiger partial charge in [0, 0.05) is 17.9 Å². The lowest BCUT2D eigenvalue weighted by Crippen LogP contribution is -2.40. The van der Waals surface area contributed by atoms with Gasteiger partial charge in [0.2, 0.25) is 0 Å². The van der Waals surface area contributed by atoms with Crippen molar-refractivity contribution in [3.63, 3.8) is 0 Å². The lowest BCUT2D eigenvalue weighted by molar-refractivity contribution is -0.154. The summed E-state index contributed by atoms with van der Waals surface area (Å²) in [5, 5.41) is 2.21. The minimum atomic E-state index is -1.32. The zero-order valence-corrected chi connectivity index (χ0v) is 14.8. The first-order valence-corrected chi connectivity index (χ1v) is 8.60. The van der Waals surface area contributed by atoms with E-state index in [0.29, 0.717) is 17.8 Å². The minimum absolute atomic E-state index is 0.116. The van der Waals surface area contributed by atoms with Gasteiger partial charge in [-0.25, -0.2) is 0 Å². The number of allylic oxidation sites excluding steroid dienone is 2. The van der Waals surface area contributed by atoms with Gasteiger partial charge in [0.1, 0.15) is 5.76 Å². The number of rotatable bonds is 3. The second-order valence-corrected chi connectivity index (χ2v) is 6.89. The van der Waals surface area contributed by atoms with E-state index in [0.717, 1.165) is 16.3 Å². The molecule has 0 N–H and O–H groups in total. The fraction of sp³-hybridized carbons (Fsp3) is 0.273. The van der Waals surface area contributed by atoms with Crippen molar-refractivity contribution in [2.24, 2.45) is 11.3 Å². The molecule has 1 saturated carbocycles. The van der Waals surface area contributed by atoms with Crippen molar-refractivity contribution in [1.29, 1.82) is 0 Å². The van der Waals surface area contributed by atoms with Gasteiger partial charge in [-0.3, -0.25) is 9.59 Å². The van der Waals surface area contributed by atoms with Gasteiger partial charge < -0.3 is 9.47 Å². The topological polar surface area (TPSA) is 52.6 Å². The van der Waals surface area contributed by atoms with E-state index in [1.54, 1.807) is 7.11 Å². The van der Waals surface area contributed by atoms with Gasteiger partial charge in [0.15, 0.2) is 11.2 Å². The number of ether oxygens (including phenoxy) is 2. The SMILES string of the molecule is C=C1[C@H](c2cccc3ccccc23)[C@H]2C[C@]1(C(=O)OC)C(=O)C=C2OC. The Morgan fingerprint density at radius 1 is 1.15 bits per heavy atom. The number of carbonyl (C=O) groups excluding carboxylic acids is 2. The maximum Gasteiger partial charge on any atom is 0.323 e. The average Bonchev–Trinajstić information content (AvgIpc) is 2.94.